The molecule has 7 nitrogen and oxygen atoms in total. The predicted octanol–water partition coefficient (Wildman–Crippen LogP) is 2.46. The molecule has 0 saturated carbocycles. The van der Waals surface area contributed by atoms with Gasteiger partial charge in [-0.3, -0.25) is 14.6 Å². The summed E-state index contributed by atoms with van der Waals surface area (Å²) in [5.74, 6) is -0.112. The van der Waals surface area contributed by atoms with E-state index in [1.165, 1.54) is 11.3 Å². The van der Waals surface area contributed by atoms with Gasteiger partial charge in [-0.05, 0) is 30.0 Å². The first-order valence-electron chi connectivity index (χ1n) is 8.20. The van der Waals surface area contributed by atoms with Crippen LogP contribution in [0.1, 0.15) is 37.4 Å². The number of carbonyl (C=O) groups excluding carboxylic acids is 1. The molecule has 1 aromatic carbocycles. The van der Waals surface area contributed by atoms with Crippen LogP contribution in [0.5, 0.6) is 0 Å². The van der Waals surface area contributed by atoms with Crippen molar-refractivity contribution < 1.29 is 13.2 Å². The molecule has 0 bridgehead atoms. The van der Waals surface area contributed by atoms with Crippen molar-refractivity contribution in [2.24, 2.45) is 0 Å². The largest absolute Gasteiger partial charge is 0.297 e. The molecule has 1 amide bonds. The van der Waals surface area contributed by atoms with E-state index in [0.29, 0.717) is 11.6 Å². The SMILES string of the molecule is CC[C@H](C)c1ccc(S(=O)(=O)NNC(=O)Cc2cn3ccsc3n2)cc1. The van der Waals surface area contributed by atoms with Crippen molar-refractivity contribution in [3.05, 3.63) is 53.3 Å². The zero-order chi connectivity index (χ0) is 18.7. The van der Waals surface area contributed by atoms with E-state index in [0.717, 1.165) is 16.9 Å². The van der Waals surface area contributed by atoms with Crippen molar-refractivity contribution in [3.8, 4) is 0 Å². The zero-order valence-electron chi connectivity index (χ0n) is 14.5. The highest BCUT2D eigenvalue weighted by atomic mass is 32.2. The molecule has 0 aliphatic heterocycles. The van der Waals surface area contributed by atoms with Crippen LogP contribution in [-0.4, -0.2) is 23.7 Å². The number of nitrogens with zero attached hydrogens (tertiary/aromatic N) is 2. The molecule has 0 spiro atoms. The molecule has 0 saturated heterocycles. The molecule has 0 fully saturated rings. The van der Waals surface area contributed by atoms with Gasteiger partial charge in [-0.15, -0.1) is 16.2 Å². The number of benzene rings is 1. The van der Waals surface area contributed by atoms with Gasteiger partial charge < -0.3 is 0 Å². The smallest absolute Gasteiger partial charge is 0.257 e. The Kier molecular flexibility index (Phi) is 5.40. The Hall–Kier alpha value is -2.23. The van der Waals surface area contributed by atoms with E-state index in [-0.39, 0.29) is 11.3 Å². The molecule has 2 N–H and O–H groups in total. The Morgan fingerprint density at radius 1 is 1.31 bits per heavy atom. The van der Waals surface area contributed by atoms with Crippen LogP contribution in [0.4, 0.5) is 0 Å². The van der Waals surface area contributed by atoms with Crippen molar-refractivity contribution in [2.45, 2.75) is 37.5 Å². The van der Waals surface area contributed by atoms with Gasteiger partial charge in [0.05, 0.1) is 17.0 Å². The molecule has 138 valence electrons. The number of sulfonamides is 1. The molecule has 9 heteroatoms. The third kappa shape index (κ3) is 4.12. The summed E-state index contributed by atoms with van der Waals surface area (Å²) in [6.07, 6.45) is 4.56. The minimum atomic E-state index is -3.82. The monoisotopic (exact) mass is 392 g/mol. The first kappa shape index (κ1) is 18.6. The van der Waals surface area contributed by atoms with Crippen LogP contribution >= 0.6 is 11.3 Å². The van der Waals surface area contributed by atoms with E-state index in [1.54, 1.807) is 30.5 Å². The summed E-state index contributed by atoms with van der Waals surface area (Å²) in [6.45, 7) is 4.16. The zero-order valence-corrected chi connectivity index (χ0v) is 16.1. The lowest BCUT2D eigenvalue weighted by Crippen LogP contribution is -2.42. The van der Waals surface area contributed by atoms with Gasteiger partial charge in [-0.2, -0.15) is 0 Å². The van der Waals surface area contributed by atoms with E-state index in [4.69, 9.17) is 0 Å². The summed E-state index contributed by atoms with van der Waals surface area (Å²) in [5.41, 5.74) is 3.89. The molecule has 0 aliphatic rings. The lowest BCUT2D eigenvalue weighted by Gasteiger charge is -2.11. The highest BCUT2D eigenvalue weighted by Crippen LogP contribution is 2.20. The number of hydrazine groups is 1. The number of nitrogens with one attached hydrogen (secondary N) is 2. The fourth-order valence-electron chi connectivity index (χ4n) is 2.46. The molecule has 3 rings (SSSR count). The molecular formula is C17H20N4O3S2. The van der Waals surface area contributed by atoms with Crippen LogP contribution in [0.3, 0.4) is 0 Å². The maximum Gasteiger partial charge on any atom is 0.257 e. The second kappa shape index (κ2) is 7.56. The maximum atomic E-state index is 12.3. The summed E-state index contributed by atoms with van der Waals surface area (Å²) in [5, 5.41) is 1.90. The topological polar surface area (TPSA) is 92.6 Å². The molecule has 2 aromatic heterocycles. The van der Waals surface area contributed by atoms with Crippen LogP contribution in [0.25, 0.3) is 4.96 Å². The van der Waals surface area contributed by atoms with Crippen molar-refractivity contribution in [3.63, 3.8) is 0 Å². The second-order valence-corrected chi connectivity index (χ2v) is 8.59. The average molecular weight is 393 g/mol. The second-order valence-electron chi connectivity index (χ2n) is 6.03. The quantitative estimate of drug-likeness (QED) is 0.604. The van der Waals surface area contributed by atoms with Crippen molar-refractivity contribution >= 4 is 32.2 Å². The van der Waals surface area contributed by atoms with E-state index in [9.17, 15) is 13.2 Å². The Morgan fingerprint density at radius 2 is 2.04 bits per heavy atom. The minimum Gasteiger partial charge on any atom is -0.297 e. The normalized spacial score (nSPS) is 13.0. The molecule has 2 heterocycles. The van der Waals surface area contributed by atoms with Gasteiger partial charge in [0.25, 0.3) is 10.0 Å². The Balaban J connectivity index is 1.60. The van der Waals surface area contributed by atoms with Crippen molar-refractivity contribution in [1.29, 1.82) is 0 Å². The molecule has 0 unspecified atom stereocenters. The summed E-state index contributed by atoms with van der Waals surface area (Å²) in [6, 6.07) is 6.67. The molecule has 3 aromatic rings. The number of hydrogen-bond donors (Lipinski definition) is 2. The van der Waals surface area contributed by atoms with Crippen molar-refractivity contribution in [2.75, 3.05) is 0 Å². The maximum absolute atomic E-state index is 12.3. The third-order valence-electron chi connectivity index (χ3n) is 4.18. The first-order chi connectivity index (χ1) is 12.4. The fraction of sp³-hybridized carbons (Fsp3) is 0.294. The van der Waals surface area contributed by atoms with Gasteiger partial charge in [-0.1, -0.05) is 26.0 Å². The summed E-state index contributed by atoms with van der Waals surface area (Å²) in [4.78, 5) is 19.3. The van der Waals surface area contributed by atoms with Crippen LogP contribution in [0.15, 0.2) is 46.9 Å². The lowest BCUT2D eigenvalue weighted by atomic mass is 9.99. The van der Waals surface area contributed by atoms with Gasteiger partial charge in [0, 0.05) is 17.8 Å². The van der Waals surface area contributed by atoms with Gasteiger partial charge >= 0.3 is 0 Å². The number of aromatic nitrogens is 2. The van der Waals surface area contributed by atoms with Gasteiger partial charge in [0.15, 0.2) is 4.96 Å². The molecule has 0 radical (unpaired) electrons. The summed E-state index contributed by atoms with van der Waals surface area (Å²) >= 11 is 1.46. The van der Waals surface area contributed by atoms with Crippen LogP contribution in [0.2, 0.25) is 0 Å². The predicted molar refractivity (Wildman–Crippen MR) is 100 cm³/mol. The molecule has 0 aliphatic carbocycles. The summed E-state index contributed by atoms with van der Waals surface area (Å²) < 4.78 is 26.4. The lowest BCUT2D eigenvalue weighted by molar-refractivity contribution is -0.120. The van der Waals surface area contributed by atoms with E-state index < -0.39 is 15.9 Å². The van der Waals surface area contributed by atoms with Gasteiger partial charge in [0.1, 0.15) is 0 Å². The number of rotatable bonds is 7. The Morgan fingerprint density at radius 3 is 2.69 bits per heavy atom. The highest BCUT2D eigenvalue weighted by molar-refractivity contribution is 7.89. The standard InChI is InChI=1S/C17H20N4O3S2/c1-3-12(2)13-4-6-15(7-5-13)26(23,24)20-19-16(22)10-14-11-21-8-9-25-17(21)18-14/h4-9,11-12,20H,3,10H2,1-2H3,(H,19,22)/t12-/m0/s1. The first-order valence-corrected chi connectivity index (χ1v) is 10.6. The third-order valence-corrected chi connectivity index (χ3v) is 6.22. The number of fused-ring (bicyclic) bond motifs is 1. The van der Waals surface area contributed by atoms with Crippen molar-refractivity contribution in [1.82, 2.24) is 19.6 Å². The Labute approximate surface area is 156 Å². The molecular weight excluding hydrogens is 372 g/mol. The van der Waals surface area contributed by atoms with Crippen LogP contribution in [0, 0.1) is 0 Å². The van der Waals surface area contributed by atoms with Gasteiger partial charge in [-0.25, -0.2) is 13.4 Å². The van der Waals surface area contributed by atoms with E-state index in [1.807, 2.05) is 16.0 Å². The highest BCUT2D eigenvalue weighted by Gasteiger charge is 2.16. The summed E-state index contributed by atoms with van der Waals surface area (Å²) in [7, 11) is -3.82. The minimum absolute atomic E-state index is 0.0100. The Bertz CT molecular complexity index is 978. The number of amides is 1. The van der Waals surface area contributed by atoms with Gasteiger partial charge in [0.2, 0.25) is 5.91 Å². The van der Waals surface area contributed by atoms with E-state index in [2.05, 4.69) is 29.1 Å². The number of imidazole rings is 1. The number of hydrogen-bond acceptors (Lipinski definition) is 5. The fourth-order valence-corrected chi connectivity index (χ4v) is 4.04. The van der Waals surface area contributed by atoms with Crippen LogP contribution < -0.4 is 10.3 Å². The molecule has 26 heavy (non-hydrogen) atoms. The number of thiazole rings is 1. The van der Waals surface area contributed by atoms with Crippen LogP contribution in [-0.2, 0) is 21.2 Å². The average Bonchev–Trinajstić information content (AvgIpc) is 3.21. The number of carbonyl (C=O) groups is 1. The molecule has 1 atom stereocenters. The van der Waals surface area contributed by atoms with E-state index >= 15 is 0 Å².